The van der Waals surface area contributed by atoms with E-state index in [4.69, 9.17) is 10.9 Å². The van der Waals surface area contributed by atoms with Gasteiger partial charge in [-0.3, -0.25) is 5.41 Å². The molecule has 0 fully saturated rings. The van der Waals surface area contributed by atoms with Gasteiger partial charge in [0.2, 0.25) is 0 Å². The molecule has 18 heavy (non-hydrogen) atoms. The monoisotopic (exact) mass is 250 g/mol. The maximum atomic E-state index is 10.3. The van der Waals surface area contributed by atoms with Gasteiger partial charge in [0.25, 0.3) is 0 Å². The van der Waals surface area contributed by atoms with Crippen molar-refractivity contribution in [1.82, 2.24) is 0 Å². The molecule has 2 N–H and O–H groups in total. The fourth-order valence-electron chi connectivity index (χ4n) is 1.08. The van der Waals surface area contributed by atoms with Crippen LogP contribution in [0.25, 0.3) is 0 Å². The summed E-state index contributed by atoms with van der Waals surface area (Å²) in [5.74, 6) is 0. The lowest BCUT2D eigenvalue weighted by Gasteiger charge is -2.10. The van der Waals surface area contributed by atoms with Gasteiger partial charge in [0.05, 0.1) is 5.69 Å². The van der Waals surface area contributed by atoms with Crippen molar-refractivity contribution in [3.63, 3.8) is 0 Å². The molecule has 0 saturated heterocycles. The number of aldehydes is 1. The number of rotatable bonds is 5. The van der Waals surface area contributed by atoms with Crippen molar-refractivity contribution in [2.45, 2.75) is 34.1 Å². The number of hydrogen-bond acceptors (Lipinski definition) is 4. The second-order valence-electron chi connectivity index (χ2n) is 2.61. The first-order valence-electron chi connectivity index (χ1n) is 6.01. The smallest absolute Gasteiger partial charge is 0.124 e. The van der Waals surface area contributed by atoms with Crippen molar-refractivity contribution in [1.29, 1.82) is 10.9 Å². The number of carbonyl (C=O) groups excluding carboxylic acids is 1. The van der Waals surface area contributed by atoms with Crippen molar-refractivity contribution >= 4 is 18.3 Å². The molecule has 0 unspecified atom stereocenters. The molecule has 0 saturated carbocycles. The summed E-state index contributed by atoms with van der Waals surface area (Å²) in [5.41, 5.74) is 8.25. The number of carbonyl (C=O) groups is 1. The van der Waals surface area contributed by atoms with Gasteiger partial charge in [0, 0.05) is 6.42 Å². The summed E-state index contributed by atoms with van der Waals surface area (Å²) >= 11 is 0. The Hall–Kier alpha value is -2.04. The molecule has 1 aromatic carbocycles. The molecule has 0 aliphatic carbocycles. The van der Waals surface area contributed by atoms with Gasteiger partial charge >= 0.3 is 0 Å². The molecular weight excluding hydrogens is 228 g/mol. The predicted octanol–water partition coefficient (Wildman–Crippen LogP) is 3.84. The molecule has 100 valence electrons. The number of benzene rings is 1. The first-order chi connectivity index (χ1) is 8.81. The summed E-state index contributed by atoms with van der Waals surface area (Å²) in [5, 5.41) is 11.2. The minimum atomic E-state index is 0.331. The Morgan fingerprint density at radius 3 is 2.33 bits per heavy atom. The number of hydrogen-bond donors (Lipinski definition) is 2. The second-order valence-corrected chi connectivity index (χ2v) is 2.61. The van der Waals surface area contributed by atoms with Crippen molar-refractivity contribution < 1.29 is 4.79 Å². The molecule has 0 bridgehead atoms. The van der Waals surface area contributed by atoms with Crippen LogP contribution in [0.5, 0.6) is 0 Å². The molecule has 5 nitrogen and oxygen atoms in total. The molecule has 0 radical (unpaired) electrons. The summed E-state index contributed by atoms with van der Waals surface area (Å²) in [7, 11) is 0. The quantitative estimate of drug-likeness (QED) is 0.274. The standard InChI is InChI=1S/C9H10N4O.2C2H6/c10-7-13(12-11)9-3-1-2-8(6-9)4-5-14;2*1-2/h1-3,5-7,10-11H,4H2;2*1-2H3. The van der Waals surface area contributed by atoms with Gasteiger partial charge in [-0.15, -0.1) is 0 Å². The highest BCUT2D eigenvalue weighted by atomic mass is 16.1. The molecule has 0 spiro atoms. The lowest BCUT2D eigenvalue weighted by Crippen LogP contribution is -2.11. The fourth-order valence-corrected chi connectivity index (χ4v) is 1.08. The van der Waals surface area contributed by atoms with Crippen LogP contribution in [0.4, 0.5) is 5.69 Å². The summed E-state index contributed by atoms with van der Waals surface area (Å²) in [4.78, 5) is 10.3. The molecule has 0 aromatic heterocycles. The number of nitrogens with zero attached hydrogens (tertiary/aromatic N) is 2. The third kappa shape index (κ3) is 6.52. The minimum Gasteiger partial charge on any atom is -0.303 e. The van der Waals surface area contributed by atoms with Gasteiger partial charge in [-0.05, 0) is 17.7 Å². The summed E-state index contributed by atoms with van der Waals surface area (Å²) in [6.07, 6.45) is 2.08. The third-order valence-corrected chi connectivity index (χ3v) is 1.72. The molecule has 0 aliphatic heterocycles. The number of anilines is 1. The first-order valence-corrected chi connectivity index (χ1v) is 6.01. The highest BCUT2D eigenvalue weighted by molar-refractivity contribution is 5.76. The SMILES string of the molecule is CC.CC.N=CN(N=N)c1cccc(CC=O)c1. The molecule has 0 atom stereocenters. The Balaban J connectivity index is 0. The molecule has 1 rings (SSSR count). The van der Waals surface area contributed by atoms with Gasteiger partial charge in [-0.2, -0.15) is 5.53 Å². The Labute approximate surface area is 109 Å². The molecule has 1 aromatic rings. The van der Waals surface area contributed by atoms with Gasteiger partial charge in [0.15, 0.2) is 0 Å². The second kappa shape index (κ2) is 13.0. The topological polar surface area (TPSA) is 80.4 Å². The first kappa shape index (κ1) is 18.3. The number of nitrogens with one attached hydrogen (secondary N) is 2. The maximum absolute atomic E-state index is 10.3. The Bertz CT molecular complexity index is 345. The minimum absolute atomic E-state index is 0.331. The van der Waals surface area contributed by atoms with Gasteiger partial charge in [-0.1, -0.05) is 45.1 Å². The van der Waals surface area contributed by atoms with E-state index in [2.05, 4.69) is 5.22 Å². The van der Waals surface area contributed by atoms with E-state index in [0.717, 1.165) is 23.2 Å². The lowest BCUT2D eigenvalue weighted by molar-refractivity contribution is -0.107. The normalized spacial score (nSPS) is 7.78. The maximum Gasteiger partial charge on any atom is 0.124 e. The van der Waals surface area contributed by atoms with E-state index < -0.39 is 0 Å². The summed E-state index contributed by atoms with van der Waals surface area (Å²) in [6.45, 7) is 8.00. The van der Waals surface area contributed by atoms with Crippen LogP contribution in [0.15, 0.2) is 29.5 Å². The van der Waals surface area contributed by atoms with Crippen molar-refractivity contribution in [3.8, 4) is 0 Å². The highest BCUT2D eigenvalue weighted by Gasteiger charge is 2.01. The van der Waals surface area contributed by atoms with E-state index in [1.54, 1.807) is 18.2 Å². The molecule has 0 heterocycles. The van der Waals surface area contributed by atoms with Crippen molar-refractivity contribution in [2.75, 3.05) is 5.01 Å². The molecule has 5 heteroatoms. The van der Waals surface area contributed by atoms with Crippen molar-refractivity contribution in [3.05, 3.63) is 29.8 Å². The Kier molecular flexibility index (Phi) is 13.3. The average molecular weight is 250 g/mol. The predicted molar refractivity (Wildman–Crippen MR) is 75.3 cm³/mol. The molecular formula is C13H22N4O. The summed E-state index contributed by atoms with van der Waals surface area (Å²) in [6, 6.07) is 7.01. The van der Waals surface area contributed by atoms with Crippen LogP contribution in [0.2, 0.25) is 0 Å². The van der Waals surface area contributed by atoms with E-state index in [9.17, 15) is 4.79 Å². The third-order valence-electron chi connectivity index (χ3n) is 1.72. The molecule has 0 aliphatic rings. The van der Waals surface area contributed by atoms with Crippen LogP contribution in [0, 0.1) is 10.9 Å². The fraction of sp³-hybridized carbons (Fsp3) is 0.385. The highest BCUT2D eigenvalue weighted by Crippen LogP contribution is 2.15. The van der Waals surface area contributed by atoms with Gasteiger partial charge in [0.1, 0.15) is 12.6 Å². The largest absolute Gasteiger partial charge is 0.303 e. The zero-order valence-electron chi connectivity index (χ0n) is 11.5. The van der Waals surface area contributed by atoms with Gasteiger partial charge in [-0.25, -0.2) is 5.01 Å². The Morgan fingerprint density at radius 2 is 1.89 bits per heavy atom. The van der Waals surface area contributed by atoms with E-state index in [1.165, 1.54) is 0 Å². The van der Waals surface area contributed by atoms with E-state index in [0.29, 0.717) is 12.1 Å². The van der Waals surface area contributed by atoms with Crippen LogP contribution in [-0.2, 0) is 11.2 Å². The zero-order valence-corrected chi connectivity index (χ0v) is 11.5. The zero-order chi connectivity index (χ0) is 14.4. The summed E-state index contributed by atoms with van der Waals surface area (Å²) < 4.78 is 0. The van der Waals surface area contributed by atoms with Gasteiger partial charge < -0.3 is 4.79 Å². The van der Waals surface area contributed by atoms with Crippen LogP contribution < -0.4 is 5.01 Å². The average Bonchev–Trinajstić information content (AvgIpc) is 2.45. The van der Waals surface area contributed by atoms with Crippen LogP contribution >= 0.6 is 0 Å². The van der Waals surface area contributed by atoms with Crippen LogP contribution in [0.1, 0.15) is 33.3 Å². The van der Waals surface area contributed by atoms with Crippen LogP contribution in [-0.4, -0.2) is 12.6 Å². The van der Waals surface area contributed by atoms with Crippen molar-refractivity contribution in [2.24, 2.45) is 5.22 Å². The van der Waals surface area contributed by atoms with E-state index in [-0.39, 0.29) is 0 Å². The molecule has 0 amide bonds. The van der Waals surface area contributed by atoms with E-state index in [1.807, 2.05) is 33.8 Å². The van der Waals surface area contributed by atoms with E-state index >= 15 is 0 Å². The lowest BCUT2D eigenvalue weighted by atomic mass is 10.1. The van der Waals surface area contributed by atoms with Crippen LogP contribution in [0.3, 0.4) is 0 Å². The Morgan fingerprint density at radius 1 is 1.28 bits per heavy atom.